The third-order valence-corrected chi connectivity index (χ3v) is 5.10. The van der Waals surface area contributed by atoms with E-state index in [-0.39, 0.29) is 17.2 Å². The van der Waals surface area contributed by atoms with Gasteiger partial charge < -0.3 is 19.4 Å². The molecule has 2 rings (SSSR count). The molecule has 0 radical (unpaired) electrons. The zero-order chi connectivity index (χ0) is 16.9. The summed E-state index contributed by atoms with van der Waals surface area (Å²) in [6.07, 6.45) is 4.14. The number of likely N-dealkylation sites (tertiary alicyclic amines) is 2. The lowest BCUT2D eigenvalue weighted by Gasteiger charge is -2.48. The lowest BCUT2D eigenvalue weighted by Crippen LogP contribution is -2.55. The highest BCUT2D eigenvalue weighted by Crippen LogP contribution is 2.38. The zero-order valence-corrected chi connectivity index (χ0v) is 14.8. The second-order valence-corrected chi connectivity index (χ2v) is 7.28. The Morgan fingerprint density at radius 1 is 1.30 bits per heavy atom. The quantitative estimate of drug-likeness (QED) is 0.725. The van der Waals surface area contributed by atoms with Crippen LogP contribution in [0.1, 0.15) is 32.1 Å². The third-order valence-electron chi connectivity index (χ3n) is 5.10. The summed E-state index contributed by atoms with van der Waals surface area (Å²) in [4.78, 5) is 30.6. The number of likely N-dealkylation sites (N-methyl/N-ethyl adjacent to an activating group) is 1. The zero-order valence-electron chi connectivity index (χ0n) is 14.8. The maximum atomic E-state index is 12.3. The number of methoxy groups -OCH3 is 1. The number of hydrogen-bond acceptors (Lipinski definition) is 4. The van der Waals surface area contributed by atoms with Crippen LogP contribution < -0.4 is 0 Å². The monoisotopic (exact) mass is 325 g/mol. The number of carbonyl (C=O) groups is 2. The average Bonchev–Trinajstić information content (AvgIpc) is 2.54. The Labute approximate surface area is 139 Å². The minimum absolute atomic E-state index is 0.0984. The number of rotatable bonds is 6. The predicted molar refractivity (Wildman–Crippen MR) is 89.1 cm³/mol. The fraction of sp³-hybridized carbons (Fsp3) is 0.882. The van der Waals surface area contributed by atoms with E-state index < -0.39 is 0 Å². The summed E-state index contributed by atoms with van der Waals surface area (Å²) in [6.45, 7) is 4.59. The summed E-state index contributed by atoms with van der Waals surface area (Å²) < 4.78 is 5.02. The Bertz CT molecular complexity index is 427. The molecule has 0 aromatic heterocycles. The van der Waals surface area contributed by atoms with Gasteiger partial charge in [0.25, 0.3) is 0 Å². The molecular weight excluding hydrogens is 294 g/mol. The number of hydrogen-bond donors (Lipinski definition) is 0. The fourth-order valence-electron chi connectivity index (χ4n) is 3.73. The molecule has 2 saturated heterocycles. The molecule has 0 aromatic rings. The standard InChI is InChI=1S/C17H31N3O3/c1-18(2)10-11-20-14-17(8-5-15(20)21)7-4-9-19(13-17)16(22)6-12-23-3/h4-14H2,1-3H3/t17-/m0/s1. The molecule has 0 aromatic carbocycles. The van der Waals surface area contributed by atoms with E-state index in [1.54, 1.807) is 7.11 Å². The second kappa shape index (κ2) is 8.11. The smallest absolute Gasteiger partial charge is 0.224 e. The summed E-state index contributed by atoms with van der Waals surface area (Å²) in [7, 11) is 5.68. The molecule has 2 amide bonds. The highest BCUT2D eigenvalue weighted by atomic mass is 16.5. The number of ether oxygens (including phenoxy) is 1. The van der Waals surface area contributed by atoms with E-state index in [0.29, 0.717) is 19.4 Å². The first-order valence-electron chi connectivity index (χ1n) is 8.65. The SMILES string of the molecule is COCCC(=O)N1CCC[C@]2(CCC(=O)N(CCN(C)C)C2)C1. The molecule has 6 heteroatoms. The predicted octanol–water partition coefficient (Wildman–Crippen LogP) is 0.816. The Hall–Kier alpha value is -1.14. The van der Waals surface area contributed by atoms with Crippen LogP contribution in [-0.4, -0.2) is 87.0 Å². The van der Waals surface area contributed by atoms with Gasteiger partial charge in [0.2, 0.25) is 11.8 Å². The summed E-state index contributed by atoms with van der Waals surface area (Å²) in [6, 6.07) is 0. The van der Waals surface area contributed by atoms with Crippen LogP contribution in [-0.2, 0) is 14.3 Å². The van der Waals surface area contributed by atoms with Gasteiger partial charge in [-0.1, -0.05) is 0 Å². The van der Waals surface area contributed by atoms with Gasteiger partial charge in [-0.15, -0.1) is 0 Å². The van der Waals surface area contributed by atoms with Gasteiger partial charge in [0.1, 0.15) is 0 Å². The maximum absolute atomic E-state index is 12.3. The van der Waals surface area contributed by atoms with Crippen molar-refractivity contribution in [3.8, 4) is 0 Å². The summed E-state index contributed by atoms with van der Waals surface area (Å²) >= 11 is 0. The molecule has 0 bridgehead atoms. The van der Waals surface area contributed by atoms with E-state index in [1.165, 1.54) is 0 Å². The van der Waals surface area contributed by atoms with Gasteiger partial charge in [0.15, 0.2) is 0 Å². The van der Waals surface area contributed by atoms with Gasteiger partial charge in [0.05, 0.1) is 13.0 Å². The van der Waals surface area contributed by atoms with Gasteiger partial charge in [-0.05, 0) is 33.4 Å². The average molecular weight is 325 g/mol. The first kappa shape index (κ1) is 18.2. The highest BCUT2D eigenvalue weighted by Gasteiger charge is 2.42. The van der Waals surface area contributed by atoms with E-state index in [0.717, 1.165) is 52.0 Å². The first-order chi connectivity index (χ1) is 11.0. The molecular formula is C17H31N3O3. The summed E-state index contributed by atoms with van der Waals surface area (Å²) in [5.41, 5.74) is 0.0984. The van der Waals surface area contributed by atoms with Crippen molar-refractivity contribution in [2.45, 2.75) is 32.1 Å². The molecule has 1 spiro atoms. The molecule has 132 valence electrons. The van der Waals surface area contributed by atoms with Crippen molar-refractivity contribution in [2.24, 2.45) is 5.41 Å². The molecule has 0 N–H and O–H groups in total. The molecule has 23 heavy (non-hydrogen) atoms. The largest absolute Gasteiger partial charge is 0.384 e. The topological polar surface area (TPSA) is 53.1 Å². The van der Waals surface area contributed by atoms with Gasteiger partial charge >= 0.3 is 0 Å². The van der Waals surface area contributed by atoms with Crippen LogP contribution in [0, 0.1) is 5.41 Å². The van der Waals surface area contributed by atoms with Crippen molar-refractivity contribution in [2.75, 3.05) is 60.5 Å². The van der Waals surface area contributed by atoms with E-state index in [1.807, 2.05) is 23.9 Å². The van der Waals surface area contributed by atoms with Crippen LogP contribution in [0.15, 0.2) is 0 Å². The molecule has 6 nitrogen and oxygen atoms in total. The molecule has 1 atom stereocenters. The Morgan fingerprint density at radius 3 is 2.78 bits per heavy atom. The Morgan fingerprint density at radius 2 is 2.09 bits per heavy atom. The summed E-state index contributed by atoms with van der Waals surface area (Å²) in [5.74, 6) is 0.447. The van der Waals surface area contributed by atoms with Crippen molar-refractivity contribution in [1.82, 2.24) is 14.7 Å². The second-order valence-electron chi connectivity index (χ2n) is 7.28. The van der Waals surface area contributed by atoms with Crippen molar-refractivity contribution in [3.63, 3.8) is 0 Å². The van der Waals surface area contributed by atoms with E-state index in [4.69, 9.17) is 4.74 Å². The number of nitrogens with zero attached hydrogens (tertiary/aromatic N) is 3. The Balaban J connectivity index is 1.96. The lowest BCUT2D eigenvalue weighted by molar-refractivity contribution is -0.143. The van der Waals surface area contributed by atoms with E-state index in [9.17, 15) is 9.59 Å². The van der Waals surface area contributed by atoms with Crippen molar-refractivity contribution < 1.29 is 14.3 Å². The van der Waals surface area contributed by atoms with Crippen molar-refractivity contribution in [3.05, 3.63) is 0 Å². The van der Waals surface area contributed by atoms with Gasteiger partial charge in [-0.25, -0.2) is 0 Å². The minimum atomic E-state index is 0.0984. The molecule has 2 heterocycles. The normalized spacial score (nSPS) is 25.5. The minimum Gasteiger partial charge on any atom is -0.384 e. The van der Waals surface area contributed by atoms with E-state index >= 15 is 0 Å². The molecule has 2 aliphatic heterocycles. The van der Waals surface area contributed by atoms with E-state index in [2.05, 4.69) is 4.90 Å². The van der Waals surface area contributed by atoms with Crippen LogP contribution in [0.5, 0.6) is 0 Å². The van der Waals surface area contributed by atoms with Crippen LogP contribution >= 0.6 is 0 Å². The summed E-state index contributed by atoms with van der Waals surface area (Å²) in [5, 5.41) is 0. The lowest BCUT2D eigenvalue weighted by atomic mass is 9.73. The third kappa shape index (κ3) is 4.91. The van der Waals surface area contributed by atoms with Crippen molar-refractivity contribution >= 4 is 11.8 Å². The van der Waals surface area contributed by atoms with Crippen LogP contribution in [0.25, 0.3) is 0 Å². The molecule has 2 aliphatic rings. The highest BCUT2D eigenvalue weighted by molar-refractivity contribution is 5.78. The Kier molecular flexibility index (Phi) is 6.41. The van der Waals surface area contributed by atoms with Crippen LogP contribution in [0.2, 0.25) is 0 Å². The number of carbonyl (C=O) groups excluding carboxylic acids is 2. The molecule has 2 fully saturated rings. The first-order valence-corrected chi connectivity index (χ1v) is 8.65. The molecule has 0 saturated carbocycles. The molecule has 0 aliphatic carbocycles. The van der Waals surface area contributed by atoms with Gasteiger partial charge in [-0.3, -0.25) is 9.59 Å². The van der Waals surface area contributed by atoms with Crippen molar-refractivity contribution in [1.29, 1.82) is 0 Å². The van der Waals surface area contributed by atoms with Crippen LogP contribution in [0.3, 0.4) is 0 Å². The number of amides is 2. The maximum Gasteiger partial charge on any atom is 0.224 e. The molecule has 0 unspecified atom stereocenters. The van der Waals surface area contributed by atoms with Gasteiger partial charge in [-0.2, -0.15) is 0 Å². The number of piperidine rings is 2. The van der Waals surface area contributed by atoms with Gasteiger partial charge in [0, 0.05) is 51.7 Å². The fourth-order valence-corrected chi connectivity index (χ4v) is 3.73. The van der Waals surface area contributed by atoms with Crippen LogP contribution in [0.4, 0.5) is 0 Å².